The number of H-pyrrole nitrogens is 1. The second-order valence-electron chi connectivity index (χ2n) is 7.08. The molecular formula is C24H20N2O4. The Morgan fingerprint density at radius 2 is 1.70 bits per heavy atom. The normalized spacial score (nSPS) is 11.9. The summed E-state index contributed by atoms with van der Waals surface area (Å²) in [6.07, 6.45) is -0.968. The van der Waals surface area contributed by atoms with Crippen LogP contribution < -0.4 is 10.9 Å². The molecule has 30 heavy (non-hydrogen) atoms. The minimum absolute atomic E-state index is 0.355. The number of fused-ring (bicyclic) bond motifs is 1. The van der Waals surface area contributed by atoms with E-state index in [0.29, 0.717) is 27.7 Å². The Morgan fingerprint density at radius 3 is 2.47 bits per heavy atom. The maximum absolute atomic E-state index is 12.9. The number of hydrogen-bond donors (Lipinski definition) is 4. The molecule has 0 fully saturated rings. The van der Waals surface area contributed by atoms with Gasteiger partial charge in [-0.05, 0) is 30.7 Å². The molecule has 0 saturated heterocycles. The molecule has 1 heterocycles. The summed E-state index contributed by atoms with van der Waals surface area (Å²) in [7, 11) is 0. The fourth-order valence-electron chi connectivity index (χ4n) is 3.46. The third-order valence-electron chi connectivity index (χ3n) is 4.99. The molecule has 0 bridgehead atoms. The fourth-order valence-corrected chi connectivity index (χ4v) is 3.46. The summed E-state index contributed by atoms with van der Waals surface area (Å²) in [5, 5.41) is 24.5. The zero-order valence-corrected chi connectivity index (χ0v) is 16.2. The average Bonchev–Trinajstić information content (AvgIpc) is 2.75. The molecular weight excluding hydrogens is 380 g/mol. The number of carbonyl (C=O) groups is 1. The van der Waals surface area contributed by atoms with Gasteiger partial charge < -0.3 is 20.5 Å². The molecule has 4 aromatic rings. The van der Waals surface area contributed by atoms with Crippen LogP contribution in [0.5, 0.6) is 5.75 Å². The van der Waals surface area contributed by atoms with Crippen LogP contribution in [-0.2, 0) is 0 Å². The van der Waals surface area contributed by atoms with Gasteiger partial charge in [-0.25, -0.2) is 0 Å². The number of pyridine rings is 1. The molecule has 0 aliphatic heterocycles. The van der Waals surface area contributed by atoms with E-state index in [-0.39, 0.29) is 11.3 Å². The third kappa shape index (κ3) is 3.56. The van der Waals surface area contributed by atoms with E-state index in [9.17, 15) is 19.8 Å². The fraction of sp³-hybridized carbons (Fsp3) is 0.0833. The van der Waals surface area contributed by atoms with Crippen molar-refractivity contribution in [2.24, 2.45) is 0 Å². The summed E-state index contributed by atoms with van der Waals surface area (Å²) in [4.78, 5) is 28.0. The Balaban J connectivity index is 1.75. The van der Waals surface area contributed by atoms with Crippen LogP contribution in [0.15, 0.2) is 77.6 Å². The second-order valence-corrected chi connectivity index (χ2v) is 7.08. The molecule has 6 heteroatoms. The lowest BCUT2D eigenvalue weighted by Gasteiger charge is -2.18. The number of aromatic nitrogens is 1. The number of hydrogen-bond acceptors (Lipinski definition) is 4. The molecule has 3 aromatic carbocycles. The first-order chi connectivity index (χ1) is 14.5. The Morgan fingerprint density at radius 1 is 1.00 bits per heavy atom. The van der Waals surface area contributed by atoms with Crippen LogP contribution in [0.2, 0.25) is 0 Å². The van der Waals surface area contributed by atoms with Crippen molar-refractivity contribution in [1.82, 2.24) is 4.98 Å². The predicted octanol–water partition coefficient (Wildman–Crippen LogP) is 3.88. The van der Waals surface area contributed by atoms with Gasteiger partial charge >= 0.3 is 0 Å². The molecule has 0 aliphatic carbocycles. The standard InChI is InChI=1S/C24H20N2O4/c1-14-11-12-19(17(13-14)21(27)15-7-3-2-4-8-15)26-24(30)20-22(28)16-9-5-6-10-18(16)25-23(20)29/h2-13,21,27H,1H3,(H,26,30)(H2,25,28,29)/t21-/m1/s1. The van der Waals surface area contributed by atoms with Crippen molar-refractivity contribution in [1.29, 1.82) is 0 Å². The molecule has 4 rings (SSSR count). The van der Waals surface area contributed by atoms with Crippen LogP contribution in [0.1, 0.15) is 33.2 Å². The molecule has 0 unspecified atom stereocenters. The number of anilines is 1. The van der Waals surface area contributed by atoms with Crippen molar-refractivity contribution in [3.05, 3.63) is 105 Å². The van der Waals surface area contributed by atoms with Crippen molar-refractivity contribution >= 4 is 22.5 Å². The van der Waals surface area contributed by atoms with Crippen LogP contribution in [-0.4, -0.2) is 21.1 Å². The number of aromatic hydroxyl groups is 1. The highest BCUT2D eigenvalue weighted by Crippen LogP contribution is 2.31. The number of carbonyl (C=O) groups excluding carboxylic acids is 1. The van der Waals surface area contributed by atoms with Gasteiger partial charge in [0.2, 0.25) is 0 Å². The lowest BCUT2D eigenvalue weighted by Crippen LogP contribution is -2.24. The summed E-state index contributed by atoms with van der Waals surface area (Å²) >= 11 is 0. The van der Waals surface area contributed by atoms with E-state index < -0.39 is 17.6 Å². The molecule has 0 saturated carbocycles. The van der Waals surface area contributed by atoms with Crippen molar-refractivity contribution in [3.63, 3.8) is 0 Å². The molecule has 1 atom stereocenters. The highest BCUT2D eigenvalue weighted by Gasteiger charge is 2.22. The highest BCUT2D eigenvalue weighted by molar-refractivity contribution is 6.09. The SMILES string of the molecule is Cc1ccc(NC(=O)c2c(O)c3ccccc3[nH]c2=O)c([C@H](O)c2ccccc2)c1. The lowest BCUT2D eigenvalue weighted by atomic mass is 9.98. The van der Waals surface area contributed by atoms with Gasteiger partial charge in [-0.3, -0.25) is 9.59 Å². The monoisotopic (exact) mass is 400 g/mol. The number of aliphatic hydroxyl groups excluding tert-OH is 1. The van der Waals surface area contributed by atoms with E-state index in [2.05, 4.69) is 10.3 Å². The third-order valence-corrected chi connectivity index (χ3v) is 4.99. The van der Waals surface area contributed by atoms with Crippen LogP contribution in [0.25, 0.3) is 10.9 Å². The Hall–Kier alpha value is -3.90. The number of aromatic amines is 1. The van der Waals surface area contributed by atoms with Crippen LogP contribution in [0, 0.1) is 6.92 Å². The van der Waals surface area contributed by atoms with Gasteiger partial charge in [-0.15, -0.1) is 0 Å². The predicted molar refractivity (Wildman–Crippen MR) is 116 cm³/mol. The van der Waals surface area contributed by atoms with E-state index in [4.69, 9.17) is 0 Å². The zero-order valence-electron chi connectivity index (χ0n) is 16.2. The molecule has 4 N–H and O–H groups in total. The Bertz CT molecular complexity index is 1300. The summed E-state index contributed by atoms with van der Waals surface area (Å²) < 4.78 is 0. The van der Waals surface area contributed by atoms with Crippen LogP contribution in [0.3, 0.4) is 0 Å². The first-order valence-electron chi connectivity index (χ1n) is 9.44. The van der Waals surface area contributed by atoms with E-state index in [1.807, 2.05) is 25.1 Å². The van der Waals surface area contributed by atoms with Gasteiger partial charge in [0.25, 0.3) is 11.5 Å². The number of benzene rings is 3. The van der Waals surface area contributed by atoms with Crippen molar-refractivity contribution in [3.8, 4) is 5.75 Å². The Labute approximate surface area is 172 Å². The lowest BCUT2D eigenvalue weighted by molar-refractivity contribution is 0.102. The average molecular weight is 400 g/mol. The molecule has 150 valence electrons. The van der Waals surface area contributed by atoms with Crippen molar-refractivity contribution in [2.45, 2.75) is 13.0 Å². The van der Waals surface area contributed by atoms with E-state index in [1.165, 1.54) is 0 Å². The summed E-state index contributed by atoms with van der Waals surface area (Å²) in [6.45, 7) is 1.88. The molecule has 1 aromatic heterocycles. The number of nitrogens with one attached hydrogen (secondary N) is 2. The topological polar surface area (TPSA) is 102 Å². The first kappa shape index (κ1) is 19.4. The van der Waals surface area contributed by atoms with Crippen LogP contribution >= 0.6 is 0 Å². The number of aryl methyl sites for hydroxylation is 1. The van der Waals surface area contributed by atoms with Gasteiger partial charge in [0.05, 0.1) is 5.52 Å². The minimum atomic E-state index is -0.968. The summed E-state index contributed by atoms with van der Waals surface area (Å²) in [5.74, 6) is -1.14. The van der Waals surface area contributed by atoms with Crippen molar-refractivity contribution in [2.75, 3.05) is 5.32 Å². The summed E-state index contributed by atoms with van der Waals surface area (Å²) in [5.41, 5.74) is 1.79. The van der Waals surface area contributed by atoms with E-state index in [0.717, 1.165) is 5.56 Å². The number of amides is 1. The van der Waals surface area contributed by atoms with E-state index in [1.54, 1.807) is 54.6 Å². The number of rotatable bonds is 4. The van der Waals surface area contributed by atoms with Gasteiger partial charge in [0.1, 0.15) is 17.4 Å². The smallest absolute Gasteiger partial charge is 0.265 e. The molecule has 0 radical (unpaired) electrons. The van der Waals surface area contributed by atoms with Gasteiger partial charge in [-0.2, -0.15) is 0 Å². The quantitative estimate of drug-likeness (QED) is 0.417. The van der Waals surface area contributed by atoms with Crippen molar-refractivity contribution < 1.29 is 15.0 Å². The van der Waals surface area contributed by atoms with Gasteiger partial charge in [-0.1, -0.05) is 60.2 Å². The number of para-hydroxylation sites is 1. The summed E-state index contributed by atoms with van der Waals surface area (Å²) in [6, 6.07) is 21.0. The first-order valence-corrected chi connectivity index (χ1v) is 9.44. The molecule has 0 spiro atoms. The molecule has 6 nitrogen and oxygen atoms in total. The largest absolute Gasteiger partial charge is 0.506 e. The highest BCUT2D eigenvalue weighted by atomic mass is 16.3. The number of aliphatic hydroxyl groups is 1. The van der Waals surface area contributed by atoms with Gasteiger partial charge in [0.15, 0.2) is 0 Å². The second kappa shape index (κ2) is 7.85. The maximum Gasteiger partial charge on any atom is 0.265 e. The zero-order chi connectivity index (χ0) is 21.3. The minimum Gasteiger partial charge on any atom is -0.506 e. The van der Waals surface area contributed by atoms with E-state index >= 15 is 0 Å². The van der Waals surface area contributed by atoms with Gasteiger partial charge in [0, 0.05) is 16.6 Å². The molecule has 0 aliphatic rings. The Kier molecular flexibility index (Phi) is 5.08. The molecule has 1 amide bonds. The van der Waals surface area contributed by atoms with Crippen LogP contribution in [0.4, 0.5) is 5.69 Å². The maximum atomic E-state index is 12.9.